The third-order valence-corrected chi connectivity index (χ3v) is 4.50. The third-order valence-electron chi connectivity index (χ3n) is 4.50. The maximum Gasteiger partial charge on any atom is 0.155 e. The minimum absolute atomic E-state index is 0. The Morgan fingerprint density at radius 3 is 2.35 bits per heavy atom. The summed E-state index contributed by atoms with van der Waals surface area (Å²) in [6, 6.07) is 23.4. The van der Waals surface area contributed by atoms with Crippen molar-refractivity contribution in [2.24, 2.45) is 0 Å². The standard InChI is InChI=1S/C20H11N2O.C5H8O2.Ir/c1-2-6-13(7-3-1)18-20-19(22-12-21-18)16-10-14-8-4-5-9-15(14)11-17(16)23-20;1-4(6)3-5(2)7;/h1-6,8-12H;3,6H,1-2H3;/q-1;;/b;4-3-;. The van der Waals surface area contributed by atoms with Crippen LogP contribution in [0.1, 0.15) is 13.8 Å². The van der Waals surface area contributed by atoms with Gasteiger partial charge in [0.2, 0.25) is 0 Å². The van der Waals surface area contributed by atoms with E-state index in [1.165, 1.54) is 25.3 Å². The summed E-state index contributed by atoms with van der Waals surface area (Å²) in [5.74, 6) is -0.0625. The molecule has 2 heterocycles. The van der Waals surface area contributed by atoms with Gasteiger partial charge >= 0.3 is 0 Å². The zero-order valence-electron chi connectivity index (χ0n) is 16.9. The number of aliphatic hydroxyl groups excluding tert-OH is 1. The molecule has 0 amide bonds. The summed E-state index contributed by atoms with van der Waals surface area (Å²) in [5.41, 5.74) is 4.06. The number of allylic oxidation sites excluding steroid dienone is 2. The number of furan rings is 1. The second-order valence-corrected chi connectivity index (χ2v) is 6.87. The molecular weight excluding hydrogens is 569 g/mol. The Morgan fingerprint density at radius 1 is 1.03 bits per heavy atom. The summed E-state index contributed by atoms with van der Waals surface area (Å²) in [4.78, 5) is 18.9. The molecular formula is C25H19IrN2O3-. The van der Waals surface area contributed by atoms with Crippen LogP contribution in [0, 0.1) is 6.07 Å². The van der Waals surface area contributed by atoms with Crippen LogP contribution in [0.15, 0.2) is 83.2 Å². The van der Waals surface area contributed by atoms with E-state index in [0.717, 1.165) is 33.1 Å². The molecule has 0 spiro atoms. The quantitative estimate of drug-likeness (QED) is 0.155. The largest absolute Gasteiger partial charge is 0.512 e. The van der Waals surface area contributed by atoms with E-state index in [-0.39, 0.29) is 31.6 Å². The predicted octanol–water partition coefficient (Wildman–Crippen LogP) is 6.03. The Hall–Kier alpha value is -3.34. The first-order valence-corrected chi connectivity index (χ1v) is 9.44. The molecule has 0 saturated heterocycles. The van der Waals surface area contributed by atoms with Crippen LogP contribution in [0.25, 0.3) is 44.1 Å². The summed E-state index contributed by atoms with van der Waals surface area (Å²) < 4.78 is 6.10. The number of carbonyl (C=O) groups excluding carboxylic acids is 1. The van der Waals surface area contributed by atoms with E-state index >= 15 is 0 Å². The fraction of sp³-hybridized carbons (Fsp3) is 0.0800. The number of nitrogens with zero attached hydrogens (tertiary/aromatic N) is 2. The van der Waals surface area contributed by atoms with Gasteiger partial charge in [-0.15, -0.1) is 35.9 Å². The molecule has 0 unspecified atom stereocenters. The summed E-state index contributed by atoms with van der Waals surface area (Å²) in [5, 5.41) is 11.7. The first-order chi connectivity index (χ1) is 14.5. The van der Waals surface area contributed by atoms with Gasteiger partial charge in [-0.2, -0.15) is 0 Å². The monoisotopic (exact) mass is 588 g/mol. The molecule has 0 fully saturated rings. The van der Waals surface area contributed by atoms with Crippen LogP contribution in [-0.4, -0.2) is 20.9 Å². The smallest absolute Gasteiger partial charge is 0.155 e. The second-order valence-electron chi connectivity index (χ2n) is 6.87. The average Bonchev–Trinajstić information content (AvgIpc) is 3.09. The first-order valence-electron chi connectivity index (χ1n) is 9.44. The van der Waals surface area contributed by atoms with Crippen LogP contribution in [-0.2, 0) is 24.9 Å². The van der Waals surface area contributed by atoms with E-state index in [9.17, 15) is 4.79 Å². The first kappa shape index (κ1) is 22.3. The fourth-order valence-electron chi connectivity index (χ4n) is 3.29. The molecule has 0 bridgehead atoms. The van der Waals surface area contributed by atoms with Crippen molar-refractivity contribution in [3.8, 4) is 11.3 Å². The number of aliphatic hydroxyl groups is 1. The molecule has 0 atom stereocenters. The Bertz CT molecular complexity index is 1390. The van der Waals surface area contributed by atoms with Crippen molar-refractivity contribution >= 4 is 38.6 Å². The van der Waals surface area contributed by atoms with E-state index in [0.29, 0.717) is 5.58 Å². The normalized spacial score (nSPS) is 11.1. The van der Waals surface area contributed by atoms with Gasteiger partial charge in [0.15, 0.2) is 5.78 Å². The zero-order chi connectivity index (χ0) is 21.1. The number of benzene rings is 3. The number of rotatable bonds is 2. The topological polar surface area (TPSA) is 76.2 Å². The Balaban J connectivity index is 0.000000299. The minimum atomic E-state index is -0.125. The number of hydrogen-bond donors (Lipinski definition) is 1. The van der Waals surface area contributed by atoms with Crippen molar-refractivity contribution in [2.75, 3.05) is 0 Å². The Kier molecular flexibility index (Phi) is 6.95. The molecule has 0 aliphatic heterocycles. The molecule has 157 valence electrons. The number of hydrogen-bond acceptors (Lipinski definition) is 5. The molecule has 5 aromatic rings. The number of ketones is 1. The number of carbonyl (C=O) groups is 1. The predicted molar refractivity (Wildman–Crippen MR) is 118 cm³/mol. The van der Waals surface area contributed by atoms with Gasteiger partial charge in [0.25, 0.3) is 0 Å². The minimum Gasteiger partial charge on any atom is -0.512 e. The molecule has 31 heavy (non-hydrogen) atoms. The Morgan fingerprint density at radius 2 is 1.74 bits per heavy atom. The molecule has 3 aromatic carbocycles. The molecule has 0 aliphatic carbocycles. The van der Waals surface area contributed by atoms with Crippen LogP contribution < -0.4 is 0 Å². The van der Waals surface area contributed by atoms with Crippen molar-refractivity contribution in [2.45, 2.75) is 13.8 Å². The summed E-state index contributed by atoms with van der Waals surface area (Å²) in [6.45, 7) is 2.85. The molecule has 6 heteroatoms. The van der Waals surface area contributed by atoms with Crippen LogP contribution in [0.4, 0.5) is 0 Å². The van der Waals surface area contributed by atoms with Gasteiger partial charge in [-0.25, -0.2) is 4.98 Å². The molecule has 0 saturated carbocycles. The van der Waals surface area contributed by atoms with E-state index < -0.39 is 0 Å². The van der Waals surface area contributed by atoms with Crippen LogP contribution in [0.2, 0.25) is 0 Å². The van der Waals surface area contributed by atoms with Gasteiger partial charge in [0.1, 0.15) is 23.0 Å². The molecule has 0 aliphatic rings. The van der Waals surface area contributed by atoms with Crippen LogP contribution in [0.3, 0.4) is 0 Å². The number of aromatic nitrogens is 2. The zero-order valence-corrected chi connectivity index (χ0v) is 19.3. The van der Waals surface area contributed by atoms with Crippen LogP contribution in [0.5, 0.6) is 0 Å². The molecule has 1 radical (unpaired) electrons. The van der Waals surface area contributed by atoms with E-state index in [4.69, 9.17) is 9.52 Å². The maximum atomic E-state index is 10.0. The van der Waals surface area contributed by atoms with Gasteiger partial charge in [-0.3, -0.25) is 9.78 Å². The van der Waals surface area contributed by atoms with Gasteiger partial charge in [-0.1, -0.05) is 24.3 Å². The van der Waals surface area contributed by atoms with E-state index in [2.05, 4.69) is 40.3 Å². The Labute approximate surface area is 192 Å². The molecule has 2 aromatic heterocycles. The average molecular weight is 588 g/mol. The summed E-state index contributed by atoms with van der Waals surface area (Å²) >= 11 is 0. The molecule has 5 rings (SSSR count). The van der Waals surface area contributed by atoms with Crippen molar-refractivity contribution in [3.63, 3.8) is 0 Å². The van der Waals surface area contributed by atoms with Crippen molar-refractivity contribution in [3.05, 3.63) is 84.9 Å². The van der Waals surface area contributed by atoms with Gasteiger partial charge < -0.3 is 9.52 Å². The second kappa shape index (κ2) is 9.65. The van der Waals surface area contributed by atoms with E-state index in [1.807, 2.05) is 36.4 Å². The SMILES string of the molecule is CC(=O)/C=C(/C)O.[Ir].[c-]1ccccc1-c1ncnc2c1oc1cc3ccccc3cc12. The molecule has 5 nitrogen and oxygen atoms in total. The van der Waals surface area contributed by atoms with Crippen molar-refractivity contribution in [1.82, 2.24) is 9.97 Å². The van der Waals surface area contributed by atoms with E-state index in [1.54, 1.807) is 6.33 Å². The maximum absolute atomic E-state index is 10.0. The van der Waals surface area contributed by atoms with Gasteiger partial charge in [0, 0.05) is 37.3 Å². The fourth-order valence-corrected chi connectivity index (χ4v) is 3.29. The third kappa shape index (κ3) is 4.88. The van der Waals surface area contributed by atoms with Crippen molar-refractivity contribution in [1.29, 1.82) is 0 Å². The van der Waals surface area contributed by atoms with Crippen molar-refractivity contribution < 1.29 is 34.4 Å². The van der Waals surface area contributed by atoms with Gasteiger partial charge in [0.05, 0.1) is 5.76 Å². The molecule has 1 N–H and O–H groups in total. The number of fused-ring (bicyclic) bond motifs is 4. The van der Waals surface area contributed by atoms with Crippen LogP contribution >= 0.6 is 0 Å². The summed E-state index contributed by atoms with van der Waals surface area (Å²) in [7, 11) is 0. The van der Waals surface area contributed by atoms with Gasteiger partial charge in [-0.05, 0) is 36.8 Å². The summed E-state index contributed by atoms with van der Waals surface area (Å²) in [6.07, 6.45) is 2.75.